The number of carbonyl (C=O) groups excluding carboxylic acids is 2. The Morgan fingerprint density at radius 1 is 1.12 bits per heavy atom. The number of likely N-dealkylation sites (N-methyl/N-ethyl adjacent to an activating group) is 1. The first-order chi connectivity index (χ1) is 12.5. The molecule has 138 valence electrons. The van der Waals surface area contributed by atoms with E-state index < -0.39 is 0 Å². The highest BCUT2D eigenvalue weighted by Crippen LogP contribution is 2.08. The van der Waals surface area contributed by atoms with Crippen LogP contribution >= 0.6 is 0 Å². The number of nitrogens with one attached hydrogen (secondary N) is 1. The maximum Gasteiger partial charge on any atom is 0.255 e. The van der Waals surface area contributed by atoms with Gasteiger partial charge < -0.3 is 10.2 Å². The topological polar surface area (TPSA) is 75.2 Å². The number of pyridine rings is 2. The molecule has 1 N–H and O–H groups in total. The summed E-state index contributed by atoms with van der Waals surface area (Å²) in [5.74, 6) is 0.172. The molecule has 0 aliphatic carbocycles. The molecular weight excluding hydrogens is 328 g/mol. The number of hydrogen-bond donors (Lipinski definition) is 1. The van der Waals surface area contributed by atoms with Crippen LogP contribution in [0.5, 0.6) is 0 Å². The van der Waals surface area contributed by atoms with Crippen molar-refractivity contribution in [2.75, 3.05) is 20.1 Å². The van der Waals surface area contributed by atoms with Crippen molar-refractivity contribution in [3.63, 3.8) is 0 Å². The third-order valence-electron chi connectivity index (χ3n) is 4.09. The van der Waals surface area contributed by atoms with Crippen LogP contribution in [-0.4, -0.2) is 46.8 Å². The Kier molecular flexibility index (Phi) is 7.26. The molecule has 2 amide bonds. The van der Waals surface area contributed by atoms with Gasteiger partial charge in [-0.1, -0.05) is 13.8 Å². The molecule has 0 aliphatic rings. The first kappa shape index (κ1) is 19.6. The van der Waals surface area contributed by atoms with Gasteiger partial charge in [0.1, 0.15) is 0 Å². The van der Waals surface area contributed by atoms with Gasteiger partial charge in [-0.2, -0.15) is 0 Å². The summed E-state index contributed by atoms with van der Waals surface area (Å²) in [5, 5.41) is 2.86. The summed E-state index contributed by atoms with van der Waals surface area (Å²) in [6.07, 6.45) is 8.11. The molecule has 2 aromatic heterocycles. The molecule has 0 aromatic carbocycles. The normalized spacial score (nSPS) is 10.6. The predicted octanol–water partition coefficient (Wildman–Crippen LogP) is 2.57. The fourth-order valence-corrected chi connectivity index (χ4v) is 2.43. The Balaban J connectivity index is 1.94. The van der Waals surface area contributed by atoms with Gasteiger partial charge in [0.25, 0.3) is 11.8 Å². The molecule has 0 saturated heterocycles. The summed E-state index contributed by atoms with van der Waals surface area (Å²) < 4.78 is 0. The lowest BCUT2D eigenvalue weighted by Crippen LogP contribution is -2.30. The average Bonchev–Trinajstić information content (AvgIpc) is 2.66. The van der Waals surface area contributed by atoms with Crippen LogP contribution in [0.3, 0.4) is 0 Å². The lowest BCUT2D eigenvalue weighted by molar-refractivity contribution is 0.0796. The summed E-state index contributed by atoms with van der Waals surface area (Å²) in [6, 6.07) is 5.47. The molecule has 6 nitrogen and oxygen atoms in total. The van der Waals surface area contributed by atoms with Gasteiger partial charge in [-0.25, -0.2) is 0 Å². The average molecular weight is 354 g/mol. The first-order valence-corrected chi connectivity index (χ1v) is 8.85. The third kappa shape index (κ3) is 5.95. The van der Waals surface area contributed by atoms with Crippen molar-refractivity contribution in [1.82, 2.24) is 20.2 Å². The number of rotatable bonds is 8. The monoisotopic (exact) mass is 354 g/mol. The largest absolute Gasteiger partial charge is 0.352 e. The lowest BCUT2D eigenvalue weighted by Gasteiger charge is -2.17. The fourth-order valence-electron chi connectivity index (χ4n) is 2.43. The molecule has 0 atom stereocenters. The van der Waals surface area contributed by atoms with E-state index in [1.165, 1.54) is 12.4 Å². The molecule has 26 heavy (non-hydrogen) atoms. The van der Waals surface area contributed by atoms with Gasteiger partial charge in [-0.15, -0.1) is 0 Å². The van der Waals surface area contributed by atoms with E-state index in [1.807, 2.05) is 12.1 Å². The Bertz CT molecular complexity index is 732. The van der Waals surface area contributed by atoms with Crippen molar-refractivity contribution in [3.05, 3.63) is 59.7 Å². The second-order valence-corrected chi connectivity index (χ2v) is 6.73. The minimum Gasteiger partial charge on any atom is -0.352 e. The molecule has 0 fully saturated rings. The first-order valence-electron chi connectivity index (χ1n) is 8.85. The van der Waals surface area contributed by atoms with Crippen molar-refractivity contribution in [1.29, 1.82) is 0 Å². The van der Waals surface area contributed by atoms with Crippen molar-refractivity contribution < 1.29 is 9.59 Å². The quantitative estimate of drug-likeness (QED) is 0.790. The summed E-state index contributed by atoms with van der Waals surface area (Å²) in [4.78, 5) is 34.5. The Labute approximate surface area is 154 Å². The van der Waals surface area contributed by atoms with Gasteiger partial charge in [0.05, 0.1) is 11.1 Å². The predicted molar refractivity (Wildman–Crippen MR) is 101 cm³/mol. The smallest absolute Gasteiger partial charge is 0.255 e. The standard InChI is InChI=1S/C20H26N4O2/c1-15(2)4-10-23-19(25)17-12-18(14-22-13-17)20(26)24(3)11-7-16-5-8-21-9-6-16/h5-6,8-9,12-15H,4,7,10-11H2,1-3H3,(H,23,25). The Hall–Kier alpha value is -2.76. The van der Waals surface area contributed by atoms with Crippen molar-refractivity contribution >= 4 is 11.8 Å². The maximum atomic E-state index is 12.6. The van der Waals surface area contributed by atoms with Gasteiger partial charge in [0, 0.05) is 44.9 Å². The van der Waals surface area contributed by atoms with Gasteiger partial charge >= 0.3 is 0 Å². The molecule has 0 aliphatic heterocycles. The second-order valence-electron chi connectivity index (χ2n) is 6.73. The third-order valence-corrected chi connectivity index (χ3v) is 4.09. The number of carbonyl (C=O) groups is 2. The van der Waals surface area contributed by atoms with E-state index in [-0.39, 0.29) is 11.8 Å². The van der Waals surface area contributed by atoms with E-state index >= 15 is 0 Å². The number of nitrogens with zero attached hydrogens (tertiary/aromatic N) is 3. The minimum atomic E-state index is -0.202. The van der Waals surface area contributed by atoms with Crippen LogP contribution in [0, 0.1) is 5.92 Å². The molecule has 2 rings (SSSR count). The van der Waals surface area contributed by atoms with E-state index in [0.29, 0.717) is 30.1 Å². The zero-order valence-electron chi connectivity index (χ0n) is 15.6. The maximum absolute atomic E-state index is 12.6. The van der Waals surface area contributed by atoms with Crippen LogP contribution in [0.1, 0.15) is 46.5 Å². The van der Waals surface area contributed by atoms with Crippen LogP contribution in [0.2, 0.25) is 0 Å². The molecule has 2 heterocycles. The highest BCUT2D eigenvalue weighted by atomic mass is 16.2. The SMILES string of the molecule is CC(C)CCNC(=O)c1cncc(C(=O)N(C)CCc2ccncc2)c1. The van der Waals surface area contributed by atoms with E-state index in [2.05, 4.69) is 29.1 Å². The fraction of sp³-hybridized carbons (Fsp3) is 0.400. The van der Waals surface area contributed by atoms with Gasteiger partial charge in [0.15, 0.2) is 0 Å². The molecule has 2 aromatic rings. The molecule has 0 unspecified atom stereocenters. The summed E-state index contributed by atoms with van der Waals surface area (Å²) in [6.45, 7) is 5.40. The molecule has 6 heteroatoms. The molecular formula is C20H26N4O2. The van der Waals surface area contributed by atoms with Crippen molar-refractivity contribution in [3.8, 4) is 0 Å². The number of hydrogen-bond acceptors (Lipinski definition) is 4. The molecule has 0 spiro atoms. The van der Waals surface area contributed by atoms with E-state index in [9.17, 15) is 9.59 Å². The highest BCUT2D eigenvalue weighted by Gasteiger charge is 2.15. The van der Waals surface area contributed by atoms with E-state index in [0.717, 1.165) is 18.4 Å². The molecule has 0 radical (unpaired) electrons. The van der Waals surface area contributed by atoms with Gasteiger partial charge in [0.2, 0.25) is 0 Å². The zero-order chi connectivity index (χ0) is 18.9. The summed E-state index contributed by atoms with van der Waals surface area (Å²) >= 11 is 0. The Morgan fingerprint density at radius 3 is 2.50 bits per heavy atom. The lowest BCUT2D eigenvalue weighted by atomic mass is 10.1. The molecule has 0 bridgehead atoms. The van der Waals surface area contributed by atoms with Gasteiger partial charge in [-0.3, -0.25) is 19.6 Å². The van der Waals surface area contributed by atoms with Gasteiger partial charge in [-0.05, 0) is 42.5 Å². The van der Waals surface area contributed by atoms with Crippen molar-refractivity contribution in [2.45, 2.75) is 26.7 Å². The molecule has 0 saturated carbocycles. The van der Waals surface area contributed by atoms with Crippen molar-refractivity contribution in [2.24, 2.45) is 5.92 Å². The number of aromatic nitrogens is 2. The van der Waals surface area contributed by atoms with Crippen LogP contribution in [0.4, 0.5) is 0 Å². The Morgan fingerprint density at radius 2 is 1.81 bits per heavy atom. The van der Waals surface area contributed by atoms with E-state index in [4.69, 9.17) is 0 Å². The van der Waals surface area contributed by atoms with Crippen LogP contribution < -0.4 is 5.32 Å². The number of amides is 2. The second kappa shape index (κ2) is 9.65. The summed E-state index contributed by atoms with van der Waals surface area (Å²) in [7, 11) is 1.75. The minimum absolute atomic E-state index is 0.150. The highest BCUT2D eigenvalue weighted by molar-refractivity contribution is 5.99. The van der Waals surface area contributed by atoms with E-state index in [1.54, 1.807) is 30.4 Å². The van der Waals surface area contributed by atoms with Crippen LogP contribution in [0.15, 0.2) is 43.0 Å². The van der Waals surface area contributed by atoms with Crippen LogP contribution in [-0.2, 0) is 6.42 Å². The van der Waals surface area contributed by atoms with Crippen LogP contribution in [0.25, 0.3) is 0 Å². The summed E-state index contributed by atoms with van der Waals surface area (Å²) in [5.41, 5.74) is 1.94. The zero-order valence-corrected chi connectivity index (χ0v) is 15.6.